The lowest BCUT2D eigenvalue weighted by molar-refractivity contribution is -0.384. The first-order valence-corrected chi connectivity index (χ1v) is 5.91. The van der Waals surface area contributed by atoms with Crippen molar-refractivity contribution in [3.8, 4) is 0 Å². The molecular weight excluding hydrogens is 316 g/mol. The molecule has 0 saturated carbocycles. The summed E-state index contributed by atoms with van der Waals surface area (Å²) in [5.74, 6) is -0.532. The number of aliphatic imine (C=N–C) groups is 2. The summed E-state index contributed by atoms with van der Waals surface area (Å²) in [6.07, 6.45) is 0. The van der Waals surface area contributed by atoms with Crippen LogP contribution < -0.4 is 17.2 Å². The van der Waals surface area contributed by atoms with Crippen molar-refractivity contribution in [1.29, 1.82) is 0 Å². The number of hydrogen-bond donors (Lipinski definition) is 3. The van der Waals surface area contributed by atoms with Gasteiger partial charge in [0.1, 0.15) is 0 Å². The average molecular weight is 329 g/mol. The summed E-state index contributed by atoms with van der Waals surface area (Å²) >= 11 is 3.27. The molecular formula is C10H13BrN6O2. The summed E-state index contributed by atoms with van der Waals surface area (Å²) in [5, 5.41) is 11.0. The van der Waals surface area contributed by atoms with E-state index in [9.17, 15) is 10.1 Å². The number of hydrogen-bond acceptors (Lipinski definition) is 3. The van der Waals surface area contributed by atoms with E-state index < -0.39 is 4.92 Å². The molecule has 1 rings (SSSR count). The van der Waals surface area contributed by atoms with Crippen molar-refractivity contribution in [2.45, 2.75) is 13.8 Å². The number of aryl methyl sites for hydroxylation is 1. The van der Waals surface area contributed by atoms with E-state index in [1.807, 2.05) is 0 Å². The van der Waals surface area contributed by atoms with Crippen molar-refractivity contribution in [3.63, 3.8) is 0 Å². The smallest absolute Gasteiger partial charge is 0.296 e. The number of benzene rings is 1. The maximum Gasteiger partial charge on any atom is 0.296 e. The quantitative estimate of drug-likeness (QED) is 0.323. The predicted octanol–water partition coefficient (Wildman–Crippen LogP) is 1.19. The Hall–Kier alpha value is -2.16. The first-order chi connectivity index (χ1) is 8.73. The Morgan fingerprint density at radius 3 is 2.42 bits per heavy atom. The highest BCUT2D eigenvalue weighted by atomic mass is 79.9. The van der Waals surface area contributed by atoms with Crippen LogP contribution in [0.2, 0.25) is 0 Å². The fourth-order valence-corrected chi connectivity index (χ4v) is 1.97. The van der Waals surface area contributed by atoms with Crippen molar-refractivity contribution in [3.05, 3.63) is 31.8 Å². The molecule has 0 saturated heterocycles. The number of halogens is 1. The van der Waals surface area contributed by atoms with Crippen LogP contribution in [0.3, 0.4) is 0 Å². The maximum absolute atomic E-state index is 11.0. The van der Waals surface area contributed by atoms with Crippen LogP contribution in [-0.2, 0) is 0 Å². The van der Waals surface area contributed by atoms with Gasteiger partial charge in [-0.25, -0.2) is 4.99 Å². The highest BCUT2D eigenvalue weighted by molar-refractivity contribution is 9.10. The Morgan fingerprint density at radius 2 is 1.95 bits per heavy atom. The van der Waals surface area contributed by atoms with Gasteiger partial charge < -0.3 is 17.2 Å². The third-order valence-electron chi connectivity index (χ3n) is 2.39. The average Bonchev–Trinajstić information content (AvgIpc) is 2.28. The molecule has 0 amide bonds. The van der Waals surface area contributed by atoms with Crippen LogP contribution in [0.15, 0.2) is 20.5 Å². The Bertz CT molecular complexity index is 592. The van der Waals surface area contributed by atoms with E-state index in [0.29, 0.717) is 4.47 Å². The number of nitro benzene ring substituents is 1. The van der Waals surface area contributed by atoms with Gasteiger partial charge in [-0.05, 0) is 40.9 Å². The number of nitro groups is 1. The molecule has 102 valence electrons. The second-order valence-electron chi connectivity index (χ2n) is 3.76. The molecule has 0 unspecified atom stereocenters. The minimum absolute atomic E-state index is 0.0793. The van der Waals surface area contributed by atoms with E-state index >= 15 is 0 Å². The Labute approximate surface area is 117 Å². The van der Waals surface area contributed by atoms with E-state index in [4.69, 9.17) is 17.2 Å². The molecule has 0 aliphatic heterocycles. The lowest BCUT2D eigenvalue weighted by Crippen LogP contribution is -2.26. The summed E-state index contributed by atoms with van der Waals surface area (Å²) in [7, 11) is 0. The van der Waals surface area contributed by atoms with Gasteiger partial charge in [-0.3, -0.25) is 10.1 Å². The first kappa shape index (κ1) is 14.9. The summed E-state index contributed by atoms with van der Waals surface area (Å²) in [6, 6.07) is 1.42. The fourth-order valence-electron chi connectivity index (χ4n) is 1.36. The van der Waals surface area contributed by atoms with Crippen LogP contribution in [0.4, 0.5) is 11.4 Å². The monoisotopic (exact) mass is 328 g/mol. The van der Waals surface area contributed by atoms with E-state index in [1.54, 1.807) is 13.8 Å². The van der Waals surface area contributed by atoms with Gasteiger partial charge >= 0.3 is 0 Å². The molecule has 6 N–H and O–H groups in total. The van der Waals surface area contributed by atoms with Gasteiger partial charge in [-0.2, -0.15) is 4.99 Å². The van der Waals surface area contributed by atoms with Crippen molar-refractivity contribution >= 4 is 39.2 Å². The zero-order valence-corrected chi connectivity index (χ0v) is 11.9. The largest absolute Gasteiger partial charge is 0.370 e. The van der Waals surface area contributed by atoms with E-state index in [2.05, 4.69) is 25.9 Å². The normalized spacial score (nSPS) is 11.2. The topological polar surface area (TPSA) is 146 Å². The van der Waals surface area contributed by atoms with Crippen LogP contribution in [0.25, 0.3) is 0 Å². The van der Waals surface area contributed by atoms with Crippen molar-refractivity contribution in [2.24, 2.45) is 27.2 Å². The lowest BCUT2D eigenvalue weighted by Gasteiger charge is -2.07. The summed E-state index contributed by atoms with van der Waals surface area (Å²) < 4.78 is 0.480. The lowest BCUT2D eigenvalue weighted by atomic mass is 10.1. The minimum atomic E-state index is -0.543. The van der Waals surface area contributed by atoms with Crippen LogP contribution in [0.5, 0.6) is 0 Å². The third-order valence-corrected chi connectivity index (χ3v) is 3.36. The highest BCUT2D eigenvalue weighted by Crippen LogP contribution is 2.39. The number of guanidine groups is 2. The zero-order valence-electron chi connectivity index (χ0n) is 10.3. The number of rotatable bonds is 2. The predicted molar refractivity (Wildman–Crippen MR) is 77.4 cm³/mol. The number of nitrogens with zero attached hydrogens (tertiary/aromatic N) is 3. The van der Waals surface area contributed by atoms with E-state index in [0.717, 1.165) is 11.1 Å². The summed E-state index contributed by atoms with van der Waals surface area (Å²) in [5.41, 5.74) is 17.3. The molecule has 8 nitrogen and oxygen atoms in total. The van der Waals surface area contributed by atoms with Crippen molar-refractivity contribution in [1.82, 2.24) is 0 Å². The van der Waals surface area contributed by atoms with Crippen molar-refractivity contribution < 1.29 is 4.92 Å². The first-order valence-electron chi connectivity index (χ1n) is 5.12. The van der Waals surface area contributed by atoms with Crippen LogP contribution in [-0.4, -0.2) is 16.8 Å². The summed E-state index contributed by atoms with van der Waals surface area (Å²) in [6.45, 7) is 3.57. The standard InChI is InChI=1S/C10H13BrN6O2/c1-4-3-6(17(18)19)8(7(11)5(4)2)15-10(14)16-9(12)13/h3H,1-2H3,(H6,12,13,14,15,16). The molecule has 0 atom stereocenters. The molecule has 19 heavy (non-hydrogen) atoms. The molecule has 0 fully saturated rings. The molecule has 0 aromatic heterocycles. The molecule has 0 spiro atoms. The SMILES string of the molecule is Cc1cc([N+](=O)[O-])c(N=C(N)N=C(N)N)c(Br)c1C. The Kier molecular flexibility index (Phi) is 4.43. The van der Waals surface area contributed by atoms with Crippen LogP contribution >= 0.6 is 15.9 Å². The second kappa shape index (κ2) is 5.65. The zero-order chi connectivity index (χ0) is 14.7. The minimum Gasteiger partial charge on any atom is -0.370 e. The van der Waals surface area contributed by atoms with Gasteiger partial charge in [0, 0.05) is 6.07 Å². The van der Waals surface area contributed by atoms with Crippen LogP contribution in [0.1, 0.15) is 11.1 Å². The van der Waals surface area contributed by atoms with E-state index in [-0.39, 0.29) is 23.3 Å². The Morgan fingerprint density at radius 1 is 1.37 bits per heavy atom. The molecule has 0 bridgehead atoms. The molecule has 1 aromatic carbocycles. The molecule has 0 heterocycles. The van der Waals surface area contributed by atoms with Gasteiger partial charge in [0.15, 0.2) is 11.6 Å². The van der Waals surface area contributed by atoms with Crippen LogP contribution in [0, 0.1) is 24.0 Å². The van der Waals surface area contributed by atoms with Gasteiger partial charge in [0.05, 0.1) is 9.40 Å². The van der Waals surface area contributed by atoms with E-state index in [1.165, 1.54) is 6.07 Å². The fraction of sp³-hybridized carbons (Fsp3) is 0.200. The van der Waals surface area contributed by atoms with Gasteiger partial charge in [-0.15, -0.1) is 0 Å². The molecule has 0 aliphatic rings. The molecule has 9 heteroatoms. The maximum atomic E-state index is 11.0. The van der Waals surface area contributed by atoms with Gasteiger partial charge in [0.25, 0.3) is 5.69 Å². The molecule has 1 aromatic rings. The third kappa shape index (κ3) is 3.41. The Balaban J connectivity index is 3.54. The number of nitrogens with two attached hydrogens (primary N) is 3. The second-order valence-corrected chi connectivity index (χ2v) is 4.56. The highest BCUT2D eigenvalue weighted by Gasteiger charge is 2.20. The molecule has 0 radical (unpaired) electrons. The summed E-state index contributed by atoms with van der Waals surface area (Å²) in [4.78, 5) is 17.9. The van der Waals surface area contributed by atoms with Crippen molar-refractivity contribution in [2.75, 3.05) is 0 Å². The molecule has 0 aliphatic carbocycles. The van der Waals surface area contributed by atoms with Gasteiger partial charge in [0.2, 0.25) is 5.96 Å². The van der Waals surface area contributed by atoms with Gasteiger partial charge in [-0.1, -0.05) is 0 Å².